The van der Waals surface area contributed by atoms with Gasteiger partial charge in [0, 0.05) is 31.0 Å². The minimum absolute atomic E-state index is 0.183. The first-order valence-corrected chi connectivity index (χ1v) is 13.9. The van der Waals surface area contributed by atoms with Gasteiger partial charge in [-0.05, 0) is 44.2 Å². The Balaban J connectivity index is 1.51. The molecule has 2 aromatic heterocycles. The van der Waals surface area contributed by atoms with Gasteiger partial charge in [0.15, 0.2) is 11.4 Å². The standard InChI is InChI=1S/C25H31FN4O5S/c1-2-15-30-24(32)21-23(28-22(27-21)18-8-4-3-5-9-18)29(25(30)33)16-7-6-10-20(31)17-11-13-19(14-12-17)36(26,34)35/h11-14,18H,2-10,15-16H2,1H3,(H,27,28). The number of hydrogen-bond donors (Lipinski definition) is 1. The maximum absolute atomic E-state index is 13.2. The molecule has 0 atom stereocenters. The van der Waals surface area contributed by atoms with E-state index in [-0.39, 0.29) is 23.7 Å². The molecule has 1 saturated carbocycles. The lowest BCUT2D eigenvalue weighted by Crippen LogP contribution is -2.40. The molecule has 0 unspecified atom stereocenters. The number of benzene rings is 1. The molecule has 1 aromatic carbocycles. The van der Waals surface area contributed by atoms with E-state index in [0.717, 1.165) is 43.6 Å². The van der Waals surface area contributed by atoms with Gasteiger partial charge in [0.2, 0.25) is 0 Å². The first kappa shape index (κ1) is 26.0. The van der Waals surface area contributed by atoms with Gasteiger partial charge in [0.1, 0.15) is 11.3 Å². The highest BCUT2D eigenvalue weighted by molar-refractivity contribution is 7.86. The van der Waals surface area contributed by atoms with Crippen molar-refractivity contribution in [2.24, 2.45) is 0 Å². The molecule has 0 amide bonds. The number of H-pyrrole nitrogens is 1. The molecule has 2 heterocycles. The Kier molecular flexibility index (Phi) is 7.87. The van der Waals surface area contributed by atoms with Gasteiger partial charge in [-0.2, -0.15) is 8.42 Å². The minimum Gasteiger partial charge on any atom is -0.336 e. The van der Waals surface area contributed by atoms with E-state index in [0.29, 0.717) is 49.1 Å². The van der Waals surface area contributed by atoms with Gasteiger partial charge in [-0.15, -0.1) is 3.89 Å². The average Bonchev–Trinajstić information content (AvgIpc) is 3.31. The van der Waals surface area contributed by atoms with Crippen LogP contribution in [0.4, 0.5) is 3.89 Å². The summed E-state index contributed by atoms with van der Waals surface area (Å²) in [4.78, 5) is 46.1. The average molecular weight is 519 g/mol. The molecule has 0 aliphatic heterocycles. The summed E-state index contributed by atoms with van der Waals surface area (Å²) in [6, 6.07) is 4.72. The number of nitrogens with one attached hydrogen (secondary N) is 1. The molecular weight excluding hydrogens is 487 g/mol. The number of imidazole rings is 1. The number of aryl methyl sites for hydroxylation is 1. The van der Waals surface area contributed by atoms with Crippen LogP contribution < -0.4 is 11.2 Å². The van der Waals surface area contributed by atoms with E-state index in [2.05, 4.69) is 4.98 Å². The molecular formula is C25H31FN4O5S. The zero-order chi connectivity index (χ0) is 25.9. The van der Waals surface area contributed by atoms with Crippen LogP contribution in [0.25, 0.3) is 11.2 Å². The summed E-state index contributed by atoms with van der Waals surface area (Å²) >= 11 is 0. The van der Waals surface area contributed by atoms with Crippen molar-refractivity contribution in [1.29, 1.82) is 0 Å². The first-order valence-electron chi connectivity index (χ1n) is 12.5. The number of aromatic amines is 1. The fourth-order valence-electron chi connectivity index (χ4n) is 4.88. The van der Waals surface area contributed by atoms with E-state index in [1.54, 1.807) is 0 Å². The second-order valence-corrected chi connectivity index (χ2v) is 10.7. The number of carbonyl (C=O) groups excluding carboxylic acids is 1. The van der Waals surface area contributed by atoms with Crippen molar-refractivity contribution in [3.05, 3.63) is 56.5 Å². The Morgan fingerprint density at radius 1 is 1.06 bits per heavy atom. The Hall–Kier alpha value is -3.08. The molecule has 0 saturated heterocycles. The summed E-state index contributed by atoms with van der Waals surface area (Å²) in [6.07, 6.45) is 7.26. The third kappa shape index (κ3) is 5.50. The summed E-state index contributed by atoms with van der Waals surface area (Å²) in [7, 11) is -4.81. The second-order valence-electron chi connectivity index (χ2n) is 9.39. The van der Waals surface area contributed by atoms with Crippen LogP contribution in [0, 0.1) is 0 Å². The lowest BCUT2D eigenvalue weighted by atomic mass is 9.89. The largest absolute Gasteiger partial charge is 0.336 e. The van der Waals surface area contributed by atoms with Gasteiger partial charge in [-0.1, -0.05) is 38.3 Å². The van der Waals surface area contributed by atoms with Crippen LogP contribution >= 0.6 is 0 Å². The van der Waals surface area contributed by atoms with Gasteiger partial charge in [0.25, 0.3) is 5.56 Å². The van der Waals surface area contributed by atoms with Gasteiger partial charge in [0.05, 0.1) is 4.90 Å². The van der Waals surface area contributed by atoms with Gasteiger partial charge < -0.3 is 4.98 Å². The van der Waals surface area contributed by atoms with Crippen LogP contribution in [0.1, 0.15) is 86.8 Å². The minimum atomic E-state index is -4.81. The number of Topliss-reactive ketones (excluding diaryl/α,β-unsaturated/α-hetero) is 1. The smallest absolute Gasteiger partial charge is 0.332 e. The van der Waals surface area contributed by atoms with E-state index in [4.69, 9.17) is 4.98 Å². The predicted molar refractivity (Wildman–Crippen MR) is 134 cm³/mol. The maximum atomic E-state index is 13.2. The summed E-state index contributed by atoms with van der Waals surface area (Å²) in [6.45, 7) is 2.52. The van der Waals surface area contributed by atoms with Crippen molar-refractivity contribution < 1.29 is 17.1 Å². The van der Waals surface area contributed by atoms with E-state index < -0.39 is 20.8 Å². The number of unbranched alkanes of at least 4 members (excludes halogenated alkanes) is 1. The molecule has 194 valence electrons. The Morgan fingerprint density at radius 2 is 1.75 bits per heavy atom. The van der Waals surface area contributed by atoms with Crippen LogP contribution in [0.2, 0.25) is 0 Å². The van der Waals surface area contributed by atoms with Crippen LogP contribution in [0.5, 0.6) is 0 Å². The van der Waals surface area contributed by atoms with E-state index in [9.17, 15) is 26.7 Å². The number of hydrogen-bond acceptors (Lipinski definition) is 6. The number of ketones is 1. The summed E-state index contributed by atoms with van der Waals surface area (Å²) < 4.78 is 37.7. The molecule has 1 fully saturated rings. The van der Waals surface area contributed by atoms with Crippen molar-refractivity contribution in [2.45, 2.75) is 88.6 Å². The van der Waals surface area contributed by atoms with Crippen molar-refractivity contribution in [1.82, 2.24) is 19.1 Å². The summed E-state index contributed by atoms with van der Waals surface area (Å²) in [5.74, 6) is 0.814. The topological polar surface area (TPSA) is 124 Å². The molecule has 3 aromatic rings. The summed E-state index contributed by atoms with van der Waals surface area (Å²) in [5.41, 5.74) is 0.264. The number of nitrogens with zero attached hydrogens (tertiary/aromatic N) is 3. The lowest BCUT2D eigenvalue weighted by Gasteiger charge is -2.18. The van der Waals surface area contributed by atoms with Crippen LogP contribution in [-0.4, -0.2) is 33.3 Å². The van der Waals surface area contributed by atoms with Gasteiger partial charge in [-0.25, -0.2) is 9.78 Å². The molecule has 1 aliphatic carbocycles. The van der Waals surface area contributed by atoms with Crippen LogP contribution in [0.15, 0.2) is 38.8 Å². The number of halogens is 1. The second kappa shape index (κ2) is 10.9. The number of rotatable bonds is 10. The molecule has 9 nitrogen and oxygen atoms in total. The molecule has 1 aliphatic rings. The van der Waals surface area contributed by atoms with Crippen LogP contribution in [0.3, 0.4) is 0 Å². The molecule has 4 rings (SSSR count). The molecule has 0 radical (unpaired) electrons. The zero-order valence-electron chi connectivity index (χ0n) is 20.3. The number of carbonyl (C=O) groups is 1. The number of fused-ring (bicyclic) bond motifs is 1. The van der Waals surface area contributed by atoms with Crippen molar-refractivity contribution in [3.63, 3.8) is 0 Å². The molecule has 11 heteroatoms. The zero-order valence-corrected chi connectivity index (χ0v) is 21.2. The molecule has 36 heavy (non-hydrogen) atoms. The first-order chi connectivity index (χ1) is 17.2. The van der Waals surface area contributed by atoms with E-state index in [1.807, 2.05) is 6.92 Å². The maximum Gasteiger partial charge on any atom is 0.332 e. The Labute approximate surface area is 208 Å². The fourth-order valence-corrected chi connectivity index (χ4v) is 5.34. The molecule has 0 spiro atoms. The SMILES string of the molecule is CCCn1c(=O)c2[nH]c(C3CCCCC3)nc2n(CCCCC(=O)c2ccc(S(=O)(=O)F)cc2)c1=O. The molecule has 1 N–H and O–H groups in total. The monoisotopic (exact) mass is 518 g/mol. The van der Waals surface area contributed by atoms with Gasteiger partial charge >= 0.3 is 15.9 Å². The number of aromatic nitrogens is 4. The Morgan fingerprint density at radius 3 is 2.39 bits per heavy atom. The normalized spacial score (nSPS) is 14.9. The van der Waals surface area contributed by atoms with Gasteiger partial charge in [-0.3, -0.25) is 18.7 Å². The third-order valence-electron chi connectivity index (χ3n) is 6.81. The van der Waals surface area contributed by atoms with Crippen LogP contribution in [-0.2, 0) is 23.3 Å². The summed E-state index contributed by atoms with van der Waals surface area (Å²) in [5, 5.41) is 0. The quantitative estimate of drug-likeness (QED) is 0.245. The van der Waals surface area contributed by atoms with E-state index >= 15 is 0 Å². The molecule has 0 bridgehead atoms. The third-order valence-corrected chi connectivity index (χ3v) is 7.65. The highest BCUT2D eigenvalue weighted by atomic mass is 32.3. The van der Waals surface area contributed by atoms with Crippen molar-refractivity contribution >= 4 is 27.2 Å². The lowest BCUT2D eigenvalue weighted by molar-refractivity contribution is 0.0979. The fraction of sp³-hybridized carbons (Fsp3) is 0.520. The van der Waals surface area contributed by atoms with Crippen molar-refractivity contribution in [3.8, 4) is 0 Å². The highest BCUT2D eigenvalue weighted by Gasteiger charge is 2.23. The van der Waals surface area contributed by atoms with Crippen molar-refractivity contribution in [2.75, 3.05) is 0 Å². The predicted octanol–water partition coefficient (Wildman–Crippen LogP) is 4.06. The Bertz CT molecular complexity index is 1470. The highest BCUT2D eigenvalue weighted by Crippen LogP contribution is 2.31. The van der Waals surface area contributed by atoms with E-state index in [1.165, 1.54) is 27.7 Å².